The minimum atomic E-state index is -0.348. The van der Waals surface area contributed by atoms with E-state index in [9.17, 15) is 9.59 Å². The Labute approximate surface area is 220 Å². The van der Waals surface area contributed by atoms with Crippen LogP contribution in [0.3, 0.4) is 0 Å². The zero-order valence-electron chi connectivity index (χ0n) is 22.5. The van der Waals surface area contributed by atoms with Gasteiger partial charge in [-0.2, -0.15) is 0 Å². The molecule has 0 spiro atoms. The molecular formula is C31H39NO5. The number of benzene rings is 1. The normalized spacial score (nSPS) is 33.1. The van der Waals surface area contributed by atoms with E-state index in [2.05, 4.69) is 24.2 Å². The maximum atomic E-state index is 12.3. The number of methoxy groups -OCH3 is 2. The third-order valence-electron chi connectivity index (χ3n) is 9.78. The van der Waals surface area contributed by atoms with Crippen molar-refractivity contribution in [1.29, 1.82) is 0 Å². The molecule has 0 radical (unpaired) electrons. The van der Waals surface area contributed by atoms with Gasteiger partial charge < -0.3 is 14.3 Å². The number of oxime groups is 1. The van der Waals surface area contributed by atoms with Crippen molar-refractivity contribution in [3.05, 3.63) is 58.2 Å². The van der Waals surface area contributed by atoms with Crippen LogP contribution in [-0.4, -0.2) is 44.4 Å². The Kier molecular flexibility index (Phi) is 7.25. The Bertz CT molecular complexity index is 1150. The molecule has 0 saturated heterocycles. The summed E-state index contributed by atoms with van der Waals surface area (Å²) in [6.07, 6.45) is 10.5. The second-order valence-corrected chi connectivity index (χ2v) is 11.4. The zero-order valence-corrected chi connectivity index (χ0v) is 22.5. The van der Waals surface area contributed by atoms with Gasteiger partial charge in [0.2, 0.25) is 0 Å². The van der Waals surface area contributed by atoms with Gasteiger partial charge >= 0.3 is 5.97 Å². The zero-order chi connectivity index (χ0) is 26.2. The van der Waals surface area contributed by atoms with E-state index in [-0.39, 0.29) is 28.7 Å². The van der Waals surface area contributed by atoms with Crippen molar-refractivity contribution in [2.45, 2.75) is 76.7 Å². The third kappa shape index (κ3) is 4.42. The third-order valence-corrected chi connectivity index (χ3v) is 9.78. The first kappa shape index (κ1) is 26.1. The predicted octanol–water partition coefficient (Wildman–Crippen LogP) is 5.90. The molecule has 0 bridgehead atoms. The number of carbonyl (C=O) groups is 2. The number of rotatable bonds is 7. The molecule has 1 aromatic rings. The highest BCUT2D eigenvalue weighted by molar-refractivity contribution is 5.93. The smallest absolute Gasteiger partial charge is 0.334 e. The molecule has 0 unspecified atom stereocenters. The number of allylic oxidation sites excluding steroid dienone is 4. The van der Waals surface area contributed by atoms with Crippen molar-refractivity contribution in [3.8, 4) is 0 Å². The highest BCUT2D eigenvalue weighted by atomic mass is 16.7. The molecule has 0 aromatic heterocycles. The van der Waals surface area contributed by atoms with Gasteiger partial charge in [-0.25, -0.2) is 4.79 Å². The summed E-state index contributed by atoms with van der Waals surface area (Å²) in [4.78, 5) is 28.5. The van der Waals surface area contributed by atoms with E-state index < -0.39 is 0 Å². The fourth-order valence-corrected chi connectivity index (χ4v) is 7.93. The summed E-state index contributed by atoms with van der Waals surface area (Å²) < 4.78 is 12.1. The van der Waals surface area contributed by atoms with Crippen LogP contribution in [0.15, 0.2) is 52.2 Å². The SMILES string of the molecule is CCC(=O)ON=Cc1ccc([C@H]2C[C@@]3(C)[C@@H](CC[C@]3(COC)OC)[C@@H]3CCC4=CC(=O)CCC4=C32)cc1. The van der Waals surface area contributed by atoms with Crippen LogP contribution in [0, 0.1) is 17.3 Å². The Morgan fingerprint density at radius 1 is 1.14 bits per heavy atom. The molecule has 0 aliphatic heterocycles. The second-order valence-electron chi connectivity index (χ2n) is 11.4. The molecule has 2 fully saturated rings. The van der Waals surface area contributed by atoms with Crippen molar-refractivity contribution < 1.29 is 23.9 Å². The van der Waals surface area contributed by atoms with E-state index >= 15 is 0 Å². The van der Waals surface area contributed by atoms with Crippen LogP contribution in [0.4, 0.5) is 0 Å². The number of hydrogen-bond donors (Lipinski definition) is 0. The van der Waals surface area contributed by atoms with E-state index in [1.807, 2.05) is 25.3 Å². The number of ketones is 1. The minimum Gasteiger partial charge on any atom is -0.382 e. The fourth-order valence-electron chi connectivity index (χ4n) is 7.93. The van der Waals surface area contributed by atoms with Crippen LogP contribution >= 0.6 is 0 Å². The van der Waals surface area contributed by atoms with Gasteiger partial charge in [0.05, 0.1) is 18.4 Å². The largest absolute Gasteiger partial charge is 0.382 e. The minimum absolute atomic E-state index is 0.0165. The highest BCUT2D eigenvalue weighted by Gasteiger charge is 2.63. The Morgan fingerprint density at radius 3 is 2.62 bits per heavy atom. The summed E-state index contributed by atoms with van der Waals surface area (Å²) in [5, 5.41) is 3.83. The maximum absolute atomic E-state index is 12.3. The highest BCUT2D eigenvalue weighted by Crippen LogP contribution is 2.67. The first-order chi connectivity index (χ1) is 17.9. The summed E-state index contributed by atoms with van der Waals surface area (Å²) in [6.45, 7) is 4.78. The number of nitrogens with zero attached hydrogens (tertiary/aromatic N) is 1. The van der Waals surface area contributed by atoms with Gasteiger partial charge in [0.25, 0.3) is 0 Å². The summed E-state index contributed by atoms with van der Waals surface area (Å²) in [7, 11) is 3.63. The van der Waals surface area contributed by atoms with Gasteiger partial charge in [-0.3, -0.25) is 4.79 Å². The predicted molar refractivity (Wildman–Crippen MR) is 142 cm³/mol. The fraction of sp³-hybridized carbons (Fsp3) is 0.581. The molecule has 198 valence electrons. The van der Waals surface area contributed by atoms with E-state index in [0.29, 0.717) is 31.3 Å². The van der Waals surface area contributed by atoms with Crippen molar-refractivity contribution in [1.82, 2.24) is 0 Å². The molecule has 1 aromatic carbocycles. The molecule has 0 N–H and O–H groups in total. The molecule has 4 aliphatic carbocycles. The van der Waals surface area contributed by atoms with Gasteiger partial charge in [0.15, 0.2) is 5.78 Å². The molecule has 37 heavy (non-hydrogen) atoms. The lowest BCUT2D eigenvalue weighted by Gasteiger charge is -2.55. The Morgan fingerprint density at radius 2 is 1.92 bits per heavy atom. The Balaban J connectivity index is 1.56. The lowest BCUT2D eigenvalue weighted by Crippen LogP contribution is -2.54. The summed E-state index contributed by atoms with van der Waals surface area (Å²) >= 11 is 0. The van der Waals surface area contributed by atoms with Crippen LogP contribution in [0.5, 0.6) is 0 Å². The van der Waals surface area contributed by atoms with E-state index in [1.165, 1.54) is 16.7 Å². The summed E-state index contributed by atoms with van der Waals surface area (Å²) in [6, 6.07) is 8.47. The molecule has 2 saturated carbocycles. The van der Waals surface area contributed by atoms with Crippen molar-refractivity contribution >= 4 is 18.0 Å². The van der Waals surface area contributed by atoms with Crippen molar-refractivity contribution in [3.63, 3.8) is 0 Å². The first-order valence-electron chi connectivity index (χ1n) is 13.7. The van der Waals surface area contributed by atoms with Gasteiger partial charge in [-0.05, 0) is 78.7 Å². The maximum Gasteiger partial charge on any atom is 0.334 e. The van der Waals surface area contributed by atoms with Gasteiger partial charge in [0, 0.05) is 38.4 Å². The molecule has 5 rings (SSSR count). The molecule has 0 amide bonds. The first-order valence-corrected chi connectivity index (χ1v) is 13.7. The van der Waals surface area contributed by atoms with Crippen molar-refractivity contribution in [2.24, 2.45) is 22.4 Å². The molecule has 5 atom stereocenters. The summed E-state index contributed by atoms with van der Waals surface area (Å²) in [5.74, 6) is 1.21. The molecule has 4 aliphatic rings. The van der Waals surface area contributed by atoms with E-state index in [0.717, 1.165) is 44.1 Å². The summed E-state index contributed by atoms with van der Waals surface area (Å²) in [5.41, 5.74) is 6.14. The van der Waals surface area contributed by atoms with Crippen LogP contribution in [0.2, 0.25) is 0 Å². The van der Waals surface area contributed by atoms with E-state index in [1.54, 1.807) is 25.8 Å². The molecule has 6 heteroatoms. The van der Waals surface area contributed by atoms with Crippen LogP contribution in [0.1, 0.15) is 82.3 Å². The van der Waals surface area contributed by atoms with Gasteiger partial charge in [0.1, 0.15) is 0 Å². The standard InChI is InChI=1S/C31H39NO5/c1-5-28(34)37-32-18-20-6-8-21(9-7-20)26-17-30(2)27(14-15-31(30,36-4)19-35-3)25-12-10-22-16-23(33)11-13-24(22)29(25)26/h6-9,16,18,25-27H,5,10-15,17,19H2,1-4H3/t25-,26+,27-,30-,31+/m0/s1. The number of fused-ring (bicyclic) bond motifs is 4. The number of ether oxygens (including phenoxy) is 2. The van der Waals surface area contributed by atoms with Crippen LogP contribution in [0.25, 0.3) is 0 Å². The monoisotopic (exact) mass is 505 g/mol. The van der Waals surface area contributed by atoms with Gasteiger partial charge in [-0.1, -0.05) is 48.8 Å². The average Bonchev–Trinajstić information content (AvgIpc) is 3.20. The quantitative estimate of drug-likeness (QED) is 0.262. The topological polar surface area (TPSA) is 74.2 Å². The second kappa shape index (κ2) is 10.3. The Hall–Kier alpha value is -2.57. The van der Waals surface area contributed by atoms with Gasteiger partial charge in [-0.15, -0.1) is 0 Å². The van der Waals surface area contributed by atoms with E-state index in [4.69, 9.17) is 14.3 Å². The molecular weight excluding hydrogens is 466 g/mol. The average molecular weight is 506 g/mol. The lowest BCUT2D eigenvalue weighted by atomic mass is 9.51. The molecule has 0 heterocycles. The lowest BCUT2D eigenvalue weighted by molar-refractivity contribution is -0.149. The van der Waals surface area contributed by atoms with Crippen LogP contribution in [-0.2, 0) is 23.9 Å². The number of hydrogen-bond acceptors (Lipinski definition) is 6. The molecule has 6 nitrogen and oxygen atoms in total. The van der Waals surface area contributed by atoms with Crippen molar-refractivity contribution in [2.75, 3.05) is 20.8 Å². The van der Waals surface area contributed by atoms with Crippen LogP contribution < -0.4 is 0 Å². The number of carbonyl (C=O) groups excluding carboxylic acids is 2.